The van der Waals surface area contributed by atoms with E-state index in [0.717, 1.165) is 0 Å². The maximum absolute atomic E-state index is 9.90. The Bertz CT molecular complexity index is 108. The first-order valence-corrected chi connectivity index (χ1v) is 3.06. The van der Waals surface area contributed by atoms with Crippen LogP contribution in [0.15, 0.2) is 0 Å². The zero-order valence-corrected chi connectivity index (χ0v) is 6.40. The average Bonchev–Trinajstić information content (AvgIpc) is 1.59. The number of carbonyl (C=O) groups is 1. The molecule has 0 rings (SSSR count). The van der Waals surface area contributed by atoms with E-state index in [9.17, 15) is 4.79 Å². The molecule has 0 unspecified atom stereocenters. The first-order chi connectivity index (χ1) is 3.92. The van der Waals surface area contributed by atoms with Gasteiger partial charge in [0, 0.05) is 11.3 Å². The first kappa shape index (κ1) is 8.62. The highest BCUT2D eigenvalue weighted by atomic mass is 32.1. The molecule has 3 nitrogen and oxygen atoms in total. The zero-order valence-electron chi connectivity index (χ0n) is 5.51. The minimum absolute atomic E-state index is 0.265. The van der Waals surface area contributed by atoms with Crippen molar-refractivity contribution in [2.24, 2.45) is 0 Å². The molecule has 0 heterocycles. The second-order valence-corrected chi connectivity index (χ2v) is 3.68. The van der Waals surface area contributed by atoms with Crippen molar-refractivity contribution < 1.29 is 9.90 Å². The fourth-order valence-corrected chi connectivity index (χ4v) is 0.371. The lowest BCUT2D eigenvalue weighted by Gasteiger charge is -2.15. The quantitative estimate of drug-likeness (QED) is 0.512. The Labute approximate surface area is 59.9 Å². The van der Waals surface area contributed by atoms with Crippen LogP contribution in [0.2, 0.25) is 0 Å². The number of carboxylic acid groups (broad SMARTS) is 1. The van der Waals surface area contributed by atoms with E-state index in [-0.39, 0.29) is 4.75 Å². The van der Waals surface area contributed by atoms with Crippen molar-refractivity contribution in [1.29, 1.82) is 0 Å². The highest BCUT2D eigenvalue weighted by Crippen LogP contribution is 2.08. The summed E-state index contributed by atoms with van der Waals surface area (Å²) in [6.45, 7) is 4.05. The monoisotopic (exact) mass is 149 g/mol. The van der Waals surface area contributed by atoms with Crippen molar-refractivity contribution in [1.82, 2.24) is 5.32 Å². The van der Waals surface area contributed by atoms with Gasteiger partial charge in [-0.15, -0.1) is 0 Å². The van der Waals surface area contributed by atoms with Crippen molar-refractivity contribution in [3.8, 4) is 0 Å². The molecule has 0 aromatic rings. The molecule has 0 radical (unpaired) electrons. The van der Waals surface area contributed by atoms with Gasteiger partial charge >= 0.3 is 6.09 Å². The third kappa shape index (κ3) is 7.62. The number of nitrogens with one attached hydrogen (secondary N) is 1. The molecule has 0 aliphatic rings. The predicted octanol–water partition coefficient (Wildman–Crippen LogP) is 0.962. The van der Waals surface area contributed by atoms with E-state index in [4.69, 9.17) is 5.11 Å². The normalized spacial score (nSPS) is 11.0. The maximum atomic E-state index is 9.90. The molecule has 9 heavy (non-hydrogen) atoms. The highest BCUT2D eigenvalue weighted by Gasteiger charge is 2.11. The molecule has 0 aromatic heterocycles. The van der Waals surface area contributed by atoms with Gasteiger partial charge in [0.2, 0.25) is 0 Å². The Morgan fingerprint density at radius 2 is 2.22 bits per heavy atom. The fourth-order valence-electron chi connectivity index (χ4n) is 0.292. The van der Waals surface area contributed by atoms with E-state index in [2.05, 4.69) is 17.9 Å². The number of thiol groups is 1. The van der Waals surface area contributed by atoms with Gasteiger partial charge in [-0.1, -0.05) is 0 Å². The number of amides is 1. The largest absolute Gasteiger partial charge is 0.465 e. The van der Waals surface area contributed by atoms with E-state index in [0.29, 0.717) is 6.54 Å². The Morgan fingerprint density at radius 3 is 2.33 bits per heavy atom. The molecule has 0 saturated heterocycles. The molecule has 0 fully saturated rings. The third-order valence-corrected chi connectivity index (χ3v) is 0.830. The molecule has 0 atom stereocenters. The molecule has 54 valence electrons. The van der Waals surface area contributed by atoms with Crippen LogP contribution in [-0.2, 0) is 0 Å². The second kappa shape index (κ2) is 2.96. The molecule has 0 aliphatic carbocycles. The number of hydrogen-bond acceptors (Lipinski definition) is 2. The molecule has 0 saturated carbocycles. The van der Waals surface area contributed by atoms with Crippen LogP contribution in [0, 0.1) is 0 Å². The summed E-state index contributed by atoms with van der Waals surface area (Å²) < 4.78 is -0.265. The van der Waals surface area contributed by atoms with Crippen molar-refractivity contribution in [3.05, 3.63) is 0 Å². The van der Waals surface area contributed by atoms with Crippen LogP contribution in [0.5, 0.6) is 0 Å². The van der Waals surface area contributed by atoms with Gasteiger partial charge in [0.1, 0.15) is 0 Å². The minimum Gasteiger partial charge on any atom is -0.465 e. The van der Waals surface area contributed by atoms with E-state index >= 15 is 0 Å². The van der Waals surface area contributed by atoms with Gasteiger partial charge < -0.3 is 10.4 Å². The third-order valence-electron chi connectivity index (χ3n) is 0.672. The van der Waals surface area contributed by atoms with Crippen LogP contribution < -0.4 is 5.32 Å². The SMILES string of the molecule is CC(C)(S)CNC(=O)O. The summed E-state index contributed by atoms with van der Waals surface area (Å²) in [5, 5.41) is 10.4. The van der Waals surface area contributed by atoms with Gasteiger partial charge in [0.05, 0.1) is 0 Å². The van der Waals surface area contributed by atoms with E-state index < -0.39 is 6.09 Å². The standard InChI is InChI=1S/C5H11NO2S/c1-5(2,9)3-6-4(7)8/h6,9H,3H2,1-2H3,(H,7,8). The molecular weight excluding hydrogens is 138 g/mol. The summed E-state index contributed by atoms with van der Waals surface area (Å²) >= 11 is 4.10. The molecule has 0 aliphatic heterocycles. The summed E-state index contributed by atoms with van der Waals surface area (Å²) in [7, 11) is 0. The second-order valence-electron chi connectivity index (χ2n) is 2.47. The van der Waals surface area contributed by atoms with Gasteiger partial charge in [0.15, 0.2) is 0 Å². The van der Waals surface area contributed by atoms with Gasteiger partial charge in [-0.3, -0.25) is 0 Å². The smallest absolute Gasteiger partial charge is 0.404 e. The summed E-state index contributed by atoms with van der Waals surface area (Å²) in [6, 6.07) is 0. The van der Waals surface area contributed by atoms with Crippen molar-refractivity contribution >= 4 is 18.7 Å². The van der Waals surface area contributed by atoms with Gasteiger partial charge in [-0.05, 0) is 13.8 Å². The van der Waals surface area contributed by atoms with E-state index in [1.807, 2.05) is 13.8 Å². The van der Waals surface area contributed by atoms with Crippen LogP contribution in [0.1, 0.15) is 13.8 Å². The molecule has 1 amide bonds. The summed E-state index contributed by atoms with van der Waals surface area (Å²) in [5.74, 6) is 0. The van der Waals surface area contributed by atoms with Crippen molar-refractivity contribution in [3.63, 3.8) is 0 Å². The van der Waals surface area contributed by atoms with Crippen LogP contribution in [0.4, 0.5) is 4.79 Å². The topological polar surface area (TPSA) is 49.3 Å². The summed E-state index contributed by atoms with van der Waals surface area (Å²) in [5.41, 5.74) is 0. The molecule has 0 aromatic carbocycles. The Hall–Kier alpha value is -0.380. The average molecular weight is 149 g/mol. The van der Waals surface area contributed by atoms with Crippen molar-refractivity contribution in [2.45, 2.75) is 18.6 Å². The van der Waals surface area contributed by atoms with Gasteiger partial charge in [-0.2, -0.15) is 12.6 Å². The molecule has 2 N–H and O–H groups in total. The molecule has 0 bridgehead atoms. The lowest BCUT2D eigenvalue weighted by atomic mass is 10.2. The van der Waals surface area contributed by atoms with Gasteiger partial charge in [-0.25, -0.2) is 4.79 Å². The van der Waals surface area contributed by atoms with Crippen LogP contribution in [0.3, 0.4) is 0 Å². The fraction of sp³-hybridized carbons (Fsp3) is 0.800. The first-order valence-electron chi connectivity index (χ1n) is 2.61. The highest BCUT2D eigenvalue weighted by molar-refractivity contribution is 7.81. The molecule has 0 spiro atoms. The Kier molecular flexibility index (Phi) is 2.84. The van der Waals surface area contributed by atoms with Crippen LogP contribution in [0.25, 0.3) is 0 Å². The van der Waals surface area contributed by atoms with Crippen LogP contribution >= 0.6 is 12.6 Å². The number of rotatable bonds is 2. The lowest BCUT2D eigenvalue weighted by molar-refractivity contribution is 0.193. The molecular formula is C5H11NO2S. The summed E-state index contributed by atoms with van der Waals surface area (Å²) in [6.07, 6.45) is -1.00. The van der Waals surface area contributed by atoms with Gasteiger partial charge in [0.25, 0.3) is 0 Å². The zero-order chi connectivity index (χ0) is 7.49. The van der Waals surface area contributed by atoms with Crippen molar-refractivity contribution in [2.75, 3.05) is 6.54 Å². The predicted molar refractivity (Wildman–Crippen MR) is 39.1 cm³/mol. The van der Waals surface area contributed by atoms with E-state index in [1.54, 1.807) is 0 Å². The van der Waals surface area contributed by atoms with E-state index in [1.165, 1.54) is 0 Å². The van der Waals surface area contributed by atoms with Crippen LogP contribution in [-0.4, -0.2) is 22.5 Å². The molecule has 4 heteroatoms. The minimum atomic E-state index is -1.00. The summed E-state index contributed by atoms with van der Waals surface area (Å²) in [4.78, 5) is 9.90. The number of hydrogen-bond donors (Lipinski definition) is 3. The lowest BCUT2D eigenvalue weighted by Crippen LogP contribution is -2.33. The maximum Gasteiger partial charge on any atom is 0.404 e. The Balaban J connectivity index is 3.39. The Morgan fingerprint density at radius 1 is 1.78 bits per heavy atom.